The van der Waals surface area contributed by atoms with Gasteiger partial charge in [-0.05, 0) is 25.0 Å². The van der Waals surface area contributed by atoms with Crippen LogP contribution in [0.2, 0.25) is 5.02 Å². The highest BCUT2D eigenvalue weighted by Crippen LogP contribution is 2.24. The Balaban J connectivity index is 2.06. The highest BCUT2D eigenvalue weighted by molar-refractivity contribution is 6.34. The third kappa shape index (κ3) is 3.86. The van der Waals surface area contributed by atoms with Crippen molar-refractivity contribution in [3.05, 3.63) is 28.8 Å². The lowest BCUT2D eigenvalue weighted by molar-refractivity contribution is 0.0698. The summed E-state index contributed by atoms with van der Waals surface area (Å²) in [5.74, 6) is -1.21. The number of hydrogen-bond acceptors (Lipinski definition) is 3. The van der Waals surface area contributed by atoms with Gasteiger partial charge < -0.3 is 20.8 Å². The molecule has 1 aromatic rings. The molecule has 1 aliphatic rings. The zero-order valence-electron chi connectivity index (χ0n) is 11.3. The highest BCUT2D eigenvalue weighted by Gasteiger charge is 2.25. The number of aromatic carboxylic acids is 1. The van der Waals surface area contributed by atoms with Crippen LogP contribution in [-0.4, -0.2) is 34.4 Å². The van der Waals surface area contributed by atoms with Crippen molar-refractivity contribution in [3.63, 3.8) is 0 Å². The molecule has 1 saturated carbocycles. The number of benzene rings is 1. The Hall–Kier alpha value is -1.79. The molecule has 0 saturated heterocycles. The first kappa shape index (κ1) is 15.6. The number of rotatable bonds is 3. The van der Waals surface area contributed by atoms with Gasteiger partial charge in [0.2, 0.25) is 0 Å². The van der Waals surface area contributed by atoms with E-state index >= 15 is 0 Å². The molecule has 2 unspecified atom stereocenters. The zero-order chi connectivity index (χ0) is 15.4. The van der Waals surface area contributed by atoms with Crippen LogP contribution in [0.4, 0.5) is 10.5 Å². The number of carboxylic acid groups (broad SMARTS) is 1. The summed E-state index contributed by atoms with van der Waals surface area (Å²) in [6.07, 6.45) is 2.68. The van der Waals surface area contributed by atoms with Crippen LogP contribution in [0.3, 0.4) is 0 Å². The number of amides is 2. The number of urea groups is 1. The Bertz CT molecular complexity index is 550. The Morgan fingerprint density at radius 2 is 1.95 bits per heavy atom. The monoisotopic (exact) mass is 312 g/mol. The minimum absolute atomic E-state index is 0.0537. The number of aliphatic hydroxyl groups excluding tert-OH is 1. The minimum atomic E-state index is -1.21. The maximum atomic E-state index is 11.9. The average Bonchev–Trinajstić information content (AvgIpc) is 2.41. The molecule has 6 nitrogen and oxygen atoms in total. The zero-order valence-corrected chi connectivity index (χ0v) is 12.1. The summed E-state index contributed by atoms with van der Waals surface area (Å²) in [6, 6.07) is 3.60. The molecule has 7 heteroatoms. The number of hydrogen-bond donors (Lipinski definition) is 4. The second-order valence-electron chi connectivity index (χ2n) is 5.02. The quantitative estimate of drug-likeness (QED) is 0.689. The van der Waals surface area contributed by atoms with E-state index in [2.05, 4.69) is 10.6 Å². The van der Waals surface area contributed by atoms with Crippen LogP contribution in [0, 0.1) is 0 Å². The van der Waals surface area contributed by atoms with Crippen LogP contribution in [0.5, 0.6) is 0 Å². The highest BCUT2D eigenvalue weighted by atomic mass is 35.5. The van der Waals surface area contributed by atoms with E-state index in [4.69, 9.17) is 16.7 Å². The van der Waals surface area contributed by atoms with Gasteiger partial charge in [-0.1, -0.05) is 30.5 Å². The van der Waals surface area contributed by atoms with E-state index in [-0.39, 0.29) is 22.3 Å². The first-order valence-electron chi connectivity index (χ1n) is 6.76. The number of carbonyl (C=O) groups excluding carboxylic acids is 1. The van der Waals surface area contributed by atoms with Crippen molar-refractivity contribution in [3.8, 4) is 0 Å². The molecular weight excluding hydrogens is 296 g/mol. The summed E-state index contributed by atoms with van der Waals surface area (Å²) in [5.41, 5.74) is -0.0312. The molecule has 0 radical (unpaired) electrons. The van der Waals surface area contributed by atoms with Crippen molar-refractivity contribution in [1.82, 2.24) is 5.32 Å². The van der Waals surface area contributed by atoms with Crippen LogP contribution in [0.15, 0.2) is 18.2 Å². The summed E-state index contributed by atoms with van der Waals surface area (Å²) in [7, 11) is 0. The van der Waals surface area contributed by atoms with Gasteiger partial charge in [0.1, 0.15) is 5.56 Å². The third-order valence-electron chi connectivity index (χ3n) is 3.52. The van der Waals surface area contributed by atoms with Gasteiger partial charge in [0.05, 0.1) is 22.9 Å². The van der Waals surface area contributed by atoms with E-state index in [1.807, 2.05) is 0 Å². The van der Waals surface area contributed by atoms with E-state index in [0.717, 1.165) is 12.8 Å². The lowest BCUT2D eigenvalue weighted by Gasteiger charge is -2.28. The van der Waals surface area contributed by atoms with Gasteiger partial charge in [-0.3, -0.25) is 0 Å². The van der Waals surface area contributed by atoms with Crippen LogP contribution >= 0.6 is 11.6 Å². The number of carboxylic acids is 1. The molecule has 4 N–H and O–H groups in total. The number of halogens is 1. The summed E-state index contributed by atoms with van der Waals surface area (Å²) < 4.78 is 0. The smallest absolute Gasteiger partial charge is 0.339 e. The summed E-state index contributed by atoms with van der Waals surface area (Å²) in [4.78, 5) is 23.1. The second-order valence-corrected chi connectivity index (χ2v) is 5.43. The Kier molecular flexibility index (Phi) is 5.03. The van der Waals surface area contributed by atoms with Gasteiger partial charge in [0.15, 0.2) is 0 Å². The molecule has 2 atom stereocenters. The molecule has 1 aliphatic carbocycles. The molecule has 1 aromatic carbocycles. The number of carbonyl (C=O) groups is 2. The topological polar surface area (TPSA) is 98.7 Å². The van der Waals surface area contributed by atoms with Crippen molar-refractivity contribution in [1.29, 1.82) is 0 Å². The Morgan fingerprint density at radius 3 is 2.62 bits per heavy atom. The SMILES string of the molecule is O=C(Nc1cccc(Cl)c1C(=O)O)NC1CCCCC1O. The van der Waals surface area contributed by atoms with Gasteiger partial charge >= 0.3 is 12.0 Å². The van der Waals surface area contributed by atoms with Crippen molar-refractivity contribution >= 4 is 29.3 Å². The van der Waals surface area contributed by atoms with Crippen molar-refractivity contribution in [2.24, 2.45) is 0 Å². The number of anilines is 1. The largest absolute Gasteiger partial charge is 0.478 e. The summed E-state index contributed by atoms with van der Waals surface area (Å²) in [5, 5.41) is 24.1. The summed E-state index contributed by atoms with van der Waals surface area (Å²) >= 11 is 5.83. The van der Waals surface area contributed by atoms with Gasteiger partial charge in [-0.2, -0.15) is 0 Å². The molecule has 21 heavy (non-hydrogen) atoms. The maximum Gasteiger partial charge on any atom is 0.339 e. The molecule has 0 aromatic heterocycles. The Morgan fingerprint density at radius 1 is 1.24 bits per heavy atom. The third-order valence-corrected chi connectivity index (χ3v) is 3.84. The van der Waals surface area contributed by atoms with E-state index in [1.54, 1.807) is 6.07 Å². The van der Waals surface area contributed by atoms with Gasteiger partial charge in [0, 0.05) is 0 Å². The van der Waals surface area contributed by atoms with Crippen molar-refractivity contribution in [2.75, 3.05) is 5.32 Å². The van der Waals surface area contributed by atoms with E-state index < -0.39 is 18.1 Å². The van der Waals surface area contributed by atoms with Crippen molar-refractivity contribution in [2.45, 2.75) is 37.8 Å². The first-order chi connectivity index (χ1) is 9.99. The molecule has 0 aliphatic heterocycles. The normalized spacial score (nSPS) is 21.6. The number of aliphatic hydroxyl groups is 1. The predicted molar refractivity (Wildman–Crippen MR) is 78.8 cm³/mol. The van der Waals surface area contributed by atoms with Gasteiger partial charge in [-0.25, -0.2) is 9.59 Å². The standard InChI is InChI=1S/C14H17ClN2O4/c15-8-4-3-6-10(12(8)13(19)20)17-14(21)16-9-5-1-2-7-11(9)18/h3-4,6,9,11,18H,1-2,5,7H2,(H,19,20)(H2,16,17,21). The summed E-state index contributed by atoms with van der Waals surface area (Å²) in [6.45, 7) is 0. The fourth-order valence-electron chi connectivity index (χ4n) is 2.45. The van der Waals surface area contributed by atoms with Crippen LogP contribution in [0.1, 0.15) is 36.0 Å². The lowest BCUT2D eigenvalue weighted by Crippen LogP contribution is -2.46. The fourth-order valence-corrected chi connectivity index (χ4v) is 2.71. The predicted octanol–water partition coefficient (Wildman–Crippen LogP) is 2.46. The Labute approximate surface area is 127 Å². The molecule has 2 amide bonds. The van der Waals surface area contributed by atoms with Crippen LogP contribution < -0.4 is 10.6 Å². The van der Waals surface area contributed by atoms with E-state index in [0.29, 0.717) is 12.8 Å². The minimum Gasteiger partial charge on any atom is -0.478 e. The van der Waals surface area contributed by atoms with Crippen LogP contribution in [-0.2, 0) is 0 Å². The van der Waals surface area contributed by atoms with E-state index in [1.165, 1.54) is 12.1 Å². The maximum absolute atomic E-state index is 11.9. The second kappa shape index (κ2) is 6.78. The number of nitrogens with one attached hydrogen (secondary N) is 2. The lowest BCUT2D eigenvalue weighted by atomic mass is 9.93. The molecule has 0 heterocycles. The molecular formula is C14H17ClN2O4. The van der Waals surface area contributed by atoms with Crippen LogP contribution in [0.25, 0.3) is 0 Å². The molecule has 2 rings (SSSR count). The fraction of sp³-hybridized carbons (Fsp3) is 0.429. The molecule has 114 valence electrons. The molecule has 0 spiro atoms. The van der Waals surface area contributed by atoms with Crippen molar-refractivity contribution < 1.29 is 19.8 Å². The van der Waals surface area contributed by atoms with Gasteiger partial charge in [-0.15, -0.1) is 0 Å². The van der Waals surface area contributed by atoms with E-state index in [9.17, 15) is 14.7 Å². The van der Waals surface area contributed by atoms with Gasteiger partial charge in [0.25, 0.3) is 0 Å². The average molecular weight is 313 g/mol. The molecule has 1 fully saturated rings. The first-order valence-corrected chi connectivity index (χ1v) is 7.14. The molecule has 0 bridgehead atoms.